The maximum Gasteiger partial charge on any atom is 0.242 e. The molecule has 1 aromatic rings. The Kier molecular flexibility index (Phi) is 6.07. The minimum atomic E-state index is -3.66. The van der Waals surface area contributed by atoms with Crippen LogP contribution in [0.3, 0.4) is 0 Å². The fraction of sp³-hybridized carbons (Fsp3) is 0.364. The quantitative estimate of drug-likeness (QED) is 0.776. The highest BCUT2D eigenvalue weighted by Crippen LogP contribution is 2.22. The second-order valence-electron chi connectivity index (χ2n) is 3.91. The number of sulfonamides is 1. The zero-order valence-electron chi connectivity index (χ0n) is 10.5. The van der Waals surface area contributed by atoms with Gasteiger partial charge in [-0.05, 0) is 18.4 Å². The minimum Gasteiger partial charge on any atom is -0.389 e. The van der Waals surface area contributed by atoms with Crippen LogP contribution in [0.5, 0.6) is 0 Å². The summed E-state index contributed by atoms with van der Waals surface area (Å²) < 4.78 is 26.8. The van der Waals surface area contributed by atoms with Crippen molar-refractivity contribution in [3.63, 3.8) is 0 Å². The molecule has 1 rings (SSSR count). The van der Waals surface area contributed by atoms with Crippen LogP contribution in [0, 0.1) is 0 Å². The van der Waals surface area contributed by atoms with Gasteiger partial charge in [0, 0.05) is 17.4 Å². The first-order valence-electron chi connectivity index (χ1n) is 5.39. The summed E-state index contributed by atoms with van der Waals surface area (Å²) in [5, 5.41) is 0.316. The lowest BCUT2D eigenvalue weighted by atomic mass is 10.2. The third-order valence-electron chi connectivity index (χ3n) is 2.47. The van der Waals surface area contributed by atoms with Gasteiger partial charge in [-0.25, -0.2) is 13.1 Å². The normalized spacial score (nSPS) is 13.2. The summed E-state index contributed by atoms with van der Waals surface area (Å²) >= 11 is 12.3. The first-order valence-corrected chi connectivity index (χ1v) is 8.95. The third kappa shape index (κ3) is 4.61. The molecule has 8 heteroatoms. The molecule has 0 spiro atoms. The number of benzene rings is 1. The summed E-state index contributed by atoms with van der Waals surface area (Å²) in [4.78, 5) is 0.123. The summed E-state index contributed by atoms with van der Waals surface area (Å²) in [5.41, 5.74) is 5.96. The van der Waals surface area contributed by atoms with Crippen molar-refractivity contribution in [2.24, 2.45) is 5.73 Å². The molecule has 0 aliphatic heterocycles. The molecule has 0 amide bonds. The molecule has 0 saturated heterocycles. The van der Waals surface area contributed by atoms with Crippen LogP contribution < -0.4 is 10.5 Å². The van der Waals surface area contributed by atoms with Crippen LogP contribution in [0.2, 0.25) is 5.02 Å². The van der Waals surface area contributed by atoms with Gasteiger partial charge in [-0.3, -0.25) is 0 Å². The highest BCUT2D eigenvalue weighted by molar-refractivity contribution is 7.99. The Bertz CT molecular complexity index is 575. The molecule has 0 aliphatic rings. The van der Waals surface area contributed by atoms with Crippen molar-refractivity contribution in [3.8, 4) is 0 Å². The number of halogens is 1. The summed E-state index contributed by atoms with van der Waals surface area (Å²) in [6.07, 6.45) is 1.92. The topological polar surface area (TPSA) is 72.2 Å². The Labute approximate surface area is 128 Å². The molecule has 1 aromatic carbocycles. The first-order chi connectivity index (χ1) is 8.77. The fourth-order valence-electron chi connectivity index (χ4n) is 1.25. The monoisotopic (exact) mass is 338 g/mol. The van der Waals surface area contributed by atoms with Gasteiger partial charge in [0.2, 0.25) is 10.0 Å². The average Bonchev–Trinajstić information content (AvgIpc) is 2.36. The lowest BCUT2D eigenvalue weighted by molar-refractivity contribution is 0.581. The van der Waals surface area contributed by atoms with Crippen LogP contribution in [0.1, 0.15) is 12.5 Å². The molecule has 0 radical (unpaired) electrons. The number of hydrogen-bond donors (Lipinski definition) is 2. The maximum atomic E-state index is 12.2. The van der Waals surface area contributed by atoms with Crippen LogP contribution >= 0.6 is 35.6 Å². The van der Waals surface area contributed by atoms with Crippen LogP contribution in [-0.4, -0.2) is 31.5 Å². The lowest BCUT2D eigenvalue weighted by Gasteiger charge is -2.12. The Hall–Kier alpha value is -0.340. The molecule has 1 unspecified atom stereocenters. The lowest BCUT2D eigenvalue weighted by Crippen LogP contribution is -2.30. The van der Waals surface area contributed by atoms with Crippen molar-refractivity contribution >= 4 is 50.6 Å². The van der Waals surface area contributed by atoms with Gasteiger partial charge in [-0.15, -0.1) is 0 Å². The van der Waals surface area contributed by atoms with E-state index in [2.05, 4.69) is 4.72 Å². The maximum absolute atomic E-state index is 12.2. The molecule has 0 aliphatic carbocycles. The van der Waals surface area contributed by atoms with Crippen LogP contribution in [0.15, 0.2) is 23.1 Å². The van der Waals surface area contributed by atoms with Crippen LogP contribution in [0.4, 0.5) is 0 Å². The Morgan fingerprint density at radius 1 is 1.58 bits per heavy atom. The molecule has 3 N–H and O–H groups in total. The van der Waals surface area contributed by atoms with E-state index in [1.54, 1.807) is 17.8 Å². The zero-order valence-corrected chi connectivity index (χ0v) is 13.7. The zero-order chi connectivity index (χ0) is 14.6. The molecular weight excluding hydrogens is 324 g/mol. The summed E-state index contributed by atoms with van der Waals surface area (Å²) in [6.45, 7) is 2.26. The van der Waals surface area contributed by atoms with Gasteiger partial charge in [0.25, 0.3) is 0 Å². The molecule has 106 valence electrons. The van der Waals surface area contributed by atoms with Gasteiger partial charge in [0.05, 0.1) is 5.02 Å². The second kappa shape index (κ2) is 6.90. The van der Waals surface area contributed by atoms with Gasteiger partial charge < -0.3 is 5.73 Å². The molecule has 0 fully saturated rings. The van der Waals surface area contributed by atoms with E-state index >= 15 is 0 Å². The largest absolute Gasteiger partial charge is 0.389 e. The van der Waals surface area contributed by atoms with Crippen molar-refractivity contribution < 1.29 is 8.42 Å². The van der Waals surface area contributed by atoms with Gasteiger partial charge in [-0.2, -0.15) is 11.8 Å². The molecule has 1 atom stereocenters. The SMILES string of the molecule is CSC(C)CNS(=O)(=O)c1cc(C(N)=S)ccc1Cl. The highest BCUT2D eigenvalue weighted by atomic mass is 35.5. The van der Waals surface area contributed by atoms with E-state index in [1.165, 1.54) is 12.1 Å². The van der Waals surface area contributed by atoms with Crippen molar-refractivity contribution in [3.05, 3.63) is 28.8 Å². The van der Waals surface area contributed by atoms with E-state index < -0.39 is 10.0 Å². The molecule has 0 bridgehead atoms. The Balaban J connectivity index is 3.06. The fourth-order valence-corrected chi connectivity index (χ4v) is 3.39. The predicted octanol–water partition coefficient (Wildman–Crippen LogP) is 2.00. The van der Waals surface area contributed by atoms with E-state index in [9.17, 15) is 8.42 Å². The second-order valence-corrected chi connectivity index (χ2v) is 7.77. The van der Waals surface area contributed by atoms with Crippen LogP contribution in [0.25, 0.3) is 0 Å². The molecule has 0 heterocycles. The standard InChI is InChI=1S/C11H15ClN2O2S3/c1-7(18-2)6-14-19(15,16)10-5-8(11(13)17)3-4-9(10)12/h3-5,7,14H,6H2,1-2H3,(H2,13,17). The van der Waals surface area contributed by atoms with E-state index in [4.69, 9.17) is 29.6 Å². The minimum absolute atomic E-state index is 0.00669. The smallest absolute Gasteiger partial charge is 0.242 e. The van der Waals surface area contributed by atoms with Crippen molar-refractivity contribution in [1.82, 2.24) is 4.72 Å². The molecule has 4 nitrogen and oxygen atoms in total. The average molecular weight is 339 g/mol. The van der Waals surface area contributed by atoms with Gasteiger partial charge in [0.15, 0.2) is 0 Å². The molecular formula is C11H15ClN2O2S3. The van der Waals surface area contributed by atoms with Crippen molar-refractivity contribution in [2.45, 2.75) is 17.1 Å². The number of nitrogens with one attached hydrogen (secondary N) is 1. The molecule has 0 aromatic heterocycles. The van der Waals surface area contributed by atoms with Crippen molar-refractivity contribution in [1.29, 1.82) is 0 Å². The van der Waals surface area contributed by atoms with Crippen LogP contribution in [-0.2, 0) is 10.0 Å². The first kappa shape index (κ1) is 16.7. The van der Waals surface area contributed by atoms with Gasteiger partial charge >= 0.3 is 0 Å². The molecule has 19 heavy (non-hydrogen) atoms. The number of hydrogen-bond acceptors (Lipinski definition) is 4. The summed E-state index contributed by atoms with van der Waals surface area (Å²) in [5.74, 6) is 0. The Morgan fingerprint density at radius 2 is 2.21 bits per heavy atom. The van der Waals surface area contributed by atoms with Gasteiger partial charge in [-0.1, -0.05) is 36.8 Å². The number of nitrogens with two attached hydrogens (primary N) is 1. The van der Waals surface area contributed by atoms with E-state index in [0.29, 0.717) is 12.1 Å². The van der Waals surface area contributed by atoms with E-state index in [0.717, 1.165) is 0 Å². The summed E-state index contributed by atoms with van der Waals surface area (Å²) in [7, 11) is -3.66. The molecule has 0 saturated carbocycles. The van der Waals surface area contributed by atoms with E-state index in [-0.39, 0.29) is 20.2 Å². The highest BCUT2D eigenvalue weighted by Gasteiger charge is 2.19. The number of thioether (sulfide) groups is 1. The number of rotatable bonds is 6. The predicted molar refractivity (Wildman–Crippen MR) is 85.5 cm³/mol. The third-order valence-corrected chi connectivity index (χ3v) is 5.58. The number of thiocarbonyl (C=S) groups is 1. The Morgan fingerprint density at radius 3 is 2.74 bits per heavy atom. The van der Waals surface area contributed by atoms with E-state index in [1.807, 2.05) is 13.2 Å². The summed E-state index contributed by atoms with van der Waals surface area (Å²) in [6, 6.07) is 4.45. The van der Waals surface area contributed by atoms with Gasteiger partial charge in [0.1, 0.15) is 9.88 Å². The van der Waals surface area contributed by atoms with Crippen molar-refractivity contribution in [2.75, 3.05) is 12.8 Å².